The quantitative estimate of drug-likeness (QED) is 0.798. The summed E-state index contributed by atoms with van der Waals surface area (Å²) < 4.78 is 13.1. The molecule has 118 valence electrons. The second kappa shape index (κ2) is 5.76. The zero-order valence-electron chi connectivity index (χ0n) is 12.9. The summed E-state index contributed by atoms with van der Waals surface area (Å²) in [4.78, 5) is 0. The molecule has 0 saturated carbocycles. The predicted molar refractivity (Wildman–Crippen MR) is 89.9 cm³/mol. The van der Waals surface area contributed by atoms with Gasteiger partial charge in [-0.2, -0.15) is 5.26 Å². The lowest BCUT2D eigenvalue weighted by molar-refractivity contribution is 0.132. The molecule has 0 saturated heterocycles. The third-order valence-electron chi connectivity index (χ3n) is 4.09. The van der Waals surface area contributed by atoms with Crippen LogP contribution >= 0.6 is 0 Å². The van der Waals surface area contributed by atoms with Crippen molar-refractivity contribution in [3.8, 4) is 23.3 Å². The minimum Gasteiger partial charge on any atom is -0.457 e. The first-order valence-corrected chi connectivity index (χ1v) is 7.61. The Morgan fingerprint density at radius 2 is 1.71 bits per heavy atom. The van der Waals surface area contributed by atoms with Gasteiger partial charge in [0.2, 0.25) is 0 Å². The average molecular weight is 317 g/mol. The molecule has 4 rings (SSSR count). The highest BCUT2D eigenvalue weighted by Gasteiger charge is 2.26. The Labute approximate surface area is 139 Å². The standard InChI is InChI=1S/C19H15N3O2/c20-10-17-19(21)16-11-23-12-18(16)22(17)13-6-8-15(9-7-13)24-14-4-2-1-3-5-14/h1-9H,11-12,21H2. The van der Waals surface area contributed by atoms with E-state index in [-0.39, 0.29) is 0 Å². The number of hydrogen-bond acceptors (Lipinski definition) is 4. The molecule has 1 aliphatic heterocycles. The third-order valence-corrected chi connectivity index (χ3v) is 4.09. The summed E-state index contributed by atoms with van der Waals surface area (Å²) in [7, 11) is 0. The van der Waals surface area contributed by atoms with E-state index in [2.05, 4.69) is 6.07 Å². The molecule has 3 aromatic rings. The predicted octanol–water partition coefficient (Wildman–Crippen LogP) is 3.75. The minimum atomic E-state index is 0.456. The van der Waals surface area contributed by atoms with Gasteiger partial charge < -0.3 is 19.8 Å². The Balaban J connectivity index is 1.69. The van der Waals surface area contributed by atoms with Crippen molar-refractivity contribution in [1.82, 2.24) is 4.57 Å². The summed E-state index contributed by atoms with van der Waals surface area (Å²) >= 11 is 0. The zero-order valence-corrected chi connectivity index (χ0v) is 12.9. The normalized spacial score (nSPS) is 12.6. The van der Waals surface area contributed by atoms with Crippen LogP contribution in [0.2, 0.25) is 0 Å². The van der Waals surface area contributed by atoms with E-state index in [1.54, 1.807) is 0 Å². The van der Waals surface area contributed by atoms with Gasteiger partial charge in [0.05, 0.1) is 24.6 Å². The molecule has 5 heteroatoms. The number of ether oxygens (including phenoxy) is 2. The lowest BCUT2D eigenvalue weighted by Crippen LogP contribution is -2.03. The molecule has 2 N–H and O–H groups in total. The lowest BCUT2D eigenvalue weighted by Gasteiger charge is -2.11. The SMILES string of the molecule is N#Cc1c(N)c2c(n1-c1ccc(Oc3ccccc3)cc1)COC2. The van der Waals surface area contributed by atoms with Crippen LogP contribution in [0.1, 0.15) is 17.0 Å². The van der Waals surface area contributed by atoms with Gasteiger partial charge in [0.15, 0.2) is 0 Å². The molecule has 0 bridgehead atoms. The van der Waals surface area contributed by atoms with Crippen LogP contribution in [-0.2, 0) is 18.0 Å². The summed E-state index contributed by atoms with van der Waals surface area (Å²) in [5.41, 5.74) is 9.78. The Hall–Kier alpha value is -3.23. The molecule has 2 heterocycles. The van der Waals surface area contributed by atoms with Crippen molar-refractivity contribution >= 4 is 5.69 Å². The fraction of sp³-hybridized carbons (Fsp3) is 0.105. The van der Waals surface area contributed by atoms with Crippen LogP contribution in [0, 0.1) is 11.3 Å². The molecule has 2 aromatic carbocycles. The van der Waals surface area contributed by atoms with Crippen LogP contribution in [0.15, 0.2) is 54.6 Å². The van der Waals surface area contributed by atoms with Crippen molar-refractivity contribution in [1.29, 1.82) is 5.26 Å². The first-order chi connectivity index (χ1) is 11.8. The van der Waals surface area contributed by atoms with Gasteiger partial charge in [-0.15, -0.1) is 0 Å². The molecular weight excluding hydrogens is 302 g/mol. The van der Waals surface area contributed by atoms with Gasteiger partial charge in [0.25, 0.3) is 0 Å². The summed E-state index contributed by atoms with van der Waals surface area (Å²) in [6.07, 6.45) is 0. The van der Waals surface area contributed by atoms with E-state index in [4.69, 9.17) is 15.2 Å². The Kier molecular flexibility index (Phi) is 3.45. The van der Waals surface area contributed by atoms with E-state index in [1.807, 2.05) is 59.2 Å². The van der Waals surface area contributed by atoms with Crippen LogP contribution in [0.4, 0.5) is 5.69 Å². The minimum absolute atomic E-state index is 0.456. The summed E-state index contributed by atoms with van der Waals surface area (Å²) in [5.74, 6) is 1.51. The van der Waals surface area contributed by atoms with E-state index < -0.39 is 0 Å². The van der Waals surface area contributed by atoms with Gasteiger partial charge in [-0.1, -0.05) is 18.2 Å². The molecule has 0 radical (unpaired) electrons. The molecule has 0 aliphatic carbocycles. The maximum Gasteiger partial charge on any atom is 0.148 e. The van der Waals surface area contributed by atoms with Crippen molar-refractivity contribution in [3.05, 3.63) is 71.5 Å². The van der Waals surface area contributed by atoms with Crippen molar-refractivity contribution in [2.45, 2.75) is 13.2 Å². The molecule has 1 aromatic heterocycles. The lowest BCUT2D eigenvalue weighted by atomic mass is 10.2. The number of anilines is 1. The summed E-state index contributed by atoms with van der Waals surface area (Å²) in [6.45, 7) is 0.918. The number of nitrogens with two attached hydrogens (primary N) is 1. The van der Waals surface area contributed by atoms with Crippen molar-refractivity contribution in [2.24, 2.45) is 0 Å². The second-order valence-electron chi connectivity index (χ2n) is 5.54. The van der Waals surface area contributed by atoms with Crippen LogP contribution < -0.4 is 10.5 Å². The highest BCUT2D eigenvalue weighted by Crippen LogP contribution is 2.34. The van der Waals surface area contributed by atoms with Gasteiger partial charge in [-0.05, 0) is 36.4 Å². The third kappa shape index (κ3) is 2.30. The smallest absolute Gasteiger partial charge is 0.148 e. The van der Waals surface area contributed by atoms with Crippen LogP contribution in [-0.4, -0.2) is 4.57 Å². The molecule has 0 fully saturated rings. The topological polar surface area (TPSA) is 73.2 Å². The number of aromatic nitrogens is 1. The first-order valence-electron chi connectivity index (χ1n) is 7.61. The Morgan fingerprint density at radius 1 is 1.00 bits per heavy atom. The average Bonchev–Trinajstić information content (AvgIpc) is 3.19. The Morgan fingerprint density at radius 3 is 2.42 bits per heavy atom. The zero-order chi connectivity index (χ0) is 16.5. The van der Waals surface area contributed by atoms with Crippen LogP contribution in [0.25, 0.3) is 5.69 Å². The number of hydrogen-bond donors (Lipinski definition) is 1. The number of fused-ring (bicyclic) bond motifs is 1. The maximum atomic E-state index is 9.45. The molecule has 5 nitrogen and oxygen atoms in total. The number of nitrogen functional groups attached to an aromatic ring is 1. The highest BCUT2D eigenvalue weighted by molar-refractivity contribution is 5.64. The van der Waals surface area contributed by atoms with Crippen LogP contribution in [0.5, 0.6) is 11.5 Å². The van der Waals surface area contributed by atoms with Crippen molar-refractivity contribution < 1.29 is 9.47 Å². The molecule has 1 aliphatic rings. The van der Waals surface area contributed by atoms with Crippen molar-refractivity contribution in [2.75, 3.05) is 5.73 Å². The number of rotatable bonds is 3. The van der Waals surface area contributed by atoms with E-state index in [1.165, 1.54) is 0 Å². The van der Waals surface area contributed by atoms with E-state index in [0.717, 1.165) is 28.4 Å². The number of nitrogens with zero attached hydrogens (tertiary/aromatic N) is 2. The summed E-state index contributed by atoms with van der Waals surface area (Å²) in [6, 6.07) is 19.4. The monoisotopic (exact) mass is 317 g/mol. The molecular formula is C19H15N3O2. The fourth-order valence-corrected chi connectivity index (χ4v) is 2.93. The summed E-state index contributed by atoms with van der Waals surface area (Å²) in [5, 5.41) is 9.45. The van der Waals surface area contributed by atoms with Crippen molar-refractivity contribution in [3.63, 3.8) is 0 Å². The largest absolute Gasteiger partial charge is 0.457 e. The van der Waals surface area contributed by atoms with E-state index in [0.29, 0.717) is 24.6 Å². The molecule has 0 atom stereocenters. The van der Waals surface area contributed by atoms with Gasteiger partial charge in [-0.3, -0.25) is 0 Å². The molecule has 0 unspecified atom stereocenters. The van der Waals surface area contributed by atoms with Crippen LogP contribution in [0.3, 0.4) is 0 Å². The molecule has 24 heavy (non-hydrogen) atoms. The number of para-hydroxylation sites is 1. The van der Waals surface area contributed by atoms with Gasteiger partial charge in [-0.25, -0.2) is 0 Å². The number of benzene rings is 2. The highest BCUT2D eigenvalue weighted by atomic mass is 16.5. The first kappa shape index (κ1) is 14.4. The van der Waals surface area contributed by atoms with E-state index >= 15 is 0 Å². The second-order valence-corrected chi connectivity index (χ2v) is 5.54. The Bertz CT molecular complexity index is 922. The molecule has 0 amide bonds. The molecule has 0 spiro atoms. The maximum absolute atomic E-state index is 9.45. The van der Waals surface area contributed by atoms with Gasteiger partial charge in [0.1, 0.15) is 23.3 Å². The van der Waals surface area contributed by atoms with Gasteiger partial charge >= 0.3 is 0 Å². The van der Waals surface area contributed by atoms with E-state index in [9.17, 15) is 5.26 Å². The van der Waals surface area contributed by atoms with Gasteiger partial charge in [0, 0.05) is 11.3 Å². The fourth-order valence-electron chi connectivity index (χ4n) is 2.93. The number of nitriles is 1.